The molecule has 69 heavy (non-hydrogen) atoms. The van der Waals surface area contributed by atoms with E-state index in [0.717, 1.165) is 109 Å². The summed E-state index contributed by atoms with van der Waals surface area (Å²) in [5, 5.41) is 9.69. The van der Waals surface area contributed by atoms with E-state index in [9.17, 15) is 19.5 Å². The first-order valence-electron chi connectivity index (χ1n) is 27.4. The van der Waals surface area contributed by atoms with Crippen molar-refractivity contribution in [1.29, 1.82) is 0 Å². The lowest BCUT2D eigenvalue weighted by molar-refractivity contribution is -0.870. The standard InChI is InChI=1S/C60H101NO8/c1-6-8-10-12-14-16-18-20-22-24-25-26-27-28-29-30-31-32-33-35-37-39-41-43-45-47-49-51-58(63)69-56(55-68-60(59(64)65)66-53-52-61(3,4)5)54-67-57(62)50-48-46-44-42-40-38-36-34-23-21-19-17-15-13-11-9-7-2/h8-11,14-17,20-23,25-26,28-29,56,60H,6-7,12-13,18-19,24,27,30-55H2,1-5H3/p+1/b10-8-,11-9-,16-14-,17-15-,22-20-,23-21-,26-25-,29-28-. The highest BCUT2D eigenvalue weighted by molar-refractivity contribution is 5.71. The minimum absolute atomic E-state index is 0.181. The summed E-state index contributed by atoms with van der Waals surface area (Å²) in [6, 6.07) is 0. The first-order valence-corrected chi connectivity index (χ1v) is 27.4. The Morgan fingerprint density at radius 3 is 1.16 bits per heavy atom. The van der Waals surface area contributed by atoms with Crippen molar-refractivity contribution in [2.24, 2.45) is 0 Å². The number of hydrogen-bond donors (Lipinski definition) is 1. The SMILES string of the molecule is CC/C=C\C/C=C\C/C=C\C/C=C\C/C=C\CCCCCCCCCCCCCC(=O)OC(COC(=O)CCCCCCCCC/C=C\C/C=C\C/C=C\CC)COC(OCC[N+](C)(C)C)C(=O)O. The number of likely N-dealkylation sites (N-methyl/N-ethyl adjacent to an activating group) is 1. The highest BCUT2D eigenvalue weighted by Crippen LogP contribution is 2.15. The van der Waals surface area contributed by atoms with Crippen LogP contribution in [-0.4, -0.2) is 87.4 Å². The van der Waals surface area contributed by atoms with Gasteiger partial charge < -0.3 is 28.5 Å². The van der Waals surface area contributed by atoms with E-state index < -0.39 is 24.3 Å². The number of hydrogen-bond acceptors (Lipinski definition) is 7. The lowest BCUT2D eigenvalue weighted by Gasteiger charge is -2.25. The van der Waals surface area contributed by atoms with Gasteiger partial charge >= 0.3 is 17.9 Å². The van der Waals surface area contributed by atoms with E-state index in [2.05, 4.69) is 111 Å². The van der Waals surface area contributed by atoms with E-state index >= 15 is 0 Å². The maximum Gasteiger partial charge on any atom is 0.361 e. The molecule has 394 valence electrons. The summed E-state index contributed by atoms with van der Waals surface area (Å²) < 4.78 is 22.8. The molecule has 0 bridgehead atoms. The summed E-state index contributed by atoms with van der Waals surface area (Å²) in [6.45, 7) is 4.63. The van der Waals surface area contributed by atoms with Crippen molar-refractivity contribution in [3.05, 3.63) is 97.2 Å². The molecule has 0 aromatic carbocycles. The van der Waals surface area contributed by atoms with Crippen LogP contribution in [0.2, 0.25) is 0 Å². The van der Waals surface area contributed by atoms with E-state index in [1.54, 1.807) is 0 Å². The Morgan fingerprint density at radius 2 is 0.783 bits per heavy atom. The van der Waals surface area contributed by atoms with E-state index in [4.69, 9.17) is 18.9 Å². The molecule has 0 spiro atoms. The number of nitrogens with zero attached hydrogens (tertiary/aromatic N) is 1. The van der Waals surface area contributed by atoms with E-state index in [1.807, 2.05) is 21.1 Å². The van der Waals surface area contributed by atoms with Crippen LogP contribution in [-0.2, 0) is 33.3 Å². The van der Waals surface area contributed by atoms with Crippen LogP contribution in [0.25, 0.3) is 0 Å². The third-order valence-electron chi connectivity index (χ3n) is 11.3. The van der Waals surface area contributed by atoms with Gasteiger partial charge in [0.05, 0.1) is 34.4 Å². The Bertz CT molecular complexity index is 1450. The van der Waals surface area contributed by atoms with E-state index in [-0.39, 0.29) is 38.6 Å². The van der Waals surface area contributed by atoms with Crippen molar-refractivity contribution >= 4 is 17.9 Å². The number of carboxylic acids is 1. The molecule has 0 aliphatic rings. The van der Waals surface area contributed by atoms with Crippen molar-refractivity contribution in [3.63, 3.8) is 0 Å². The molecule has 0 aromatic rings. The Hall–Kier alpha value is -3.79. The molecule has 0 fully saturated rings. The summed E-state index contributed by atoms with van der Waals surface area (Å²) in [5.74, 6) is -2.03. The van der Waals surface area contributed by atoms with Gasteiger partial charge in [0.1, 0.15) is 13.2 Å². The average Bonchev–Trinajstić information content (AvgIpc) is 3.31. The molecule has 0 amide bonds. The van der Waals surface area contributed by atoms with Crippen LogP contribution in [0.15, 0.2) is 97.2 Å². The topological polar surface area (TPSA) is 108 Å². The summed E-state index contributed by atoms with van der Waals surface area (Å²) in [4.78, 5) is 37.4. The number of esters is 2. The maximum absolute atomic E-state index is 12.9. The number of allylic oxidation sites excluding steroid dienone is 16. The van der Waals surface area contributed by atoms with Gasteiger partial charge in [-0.15, -0.1) is 0 Å². The maximum atomic E-state index is 12.9. The molecule has 0 aliphatic heterocycles. The lowest BCUT2D eigenvalue weighted by atomic mass is 10.0. The molecule has 1 N–H and O–H groups in total. The molecular formula is C60H102NO8+. The Kier molecular flexibility index (Phi) is 47.8. The van der Waals surface area contributed by atoms with Crippen LogP contribution in [0.5, 0.6) is 0 Å². The first kappa shape index (κ1) is 65.2. The van der Waals surface area contributed by atoms with Crippen molar-refractivity contribution in [2.45, 2.75) is 219 Å². The van der Waals surface area contributed by atoms with E-state index in [1.165, 1.54) is 64.2 Å². The average molecular weight is 965 g/mol. The molecule has 9 heteroatoms. The minimum atomic E-state index is -1.52. The Morgan fingerprint density at radius 1 is 0.435 bits per heavy atom. The molecule has 0 aromatic heterocycles. The second-order valence-corrected chi connectivity index (χ2v) is 19.1. The number of aliphatic carboxylic acids is 1. The fraction of sp³-hybridized carbons (Fsp3) is 0.683. The summed E-state index contributed by atoms with van der Waals surface area (Å²) >= 11 is 0. The second kappa shape index (κ2) is 50.6. The highest BCUT2D eigenvalue weighted by Gasteiger charge is 2.25. The van der Waals surface area contributed by atoms with Crippen LogP contribution in [0.3, 0.4) is 0 Å². The number of unbranched alkanes of at least 4 members (excludes halogenated alkanes) is 18. The van der Waals surface area contributed by atoms with Gasteiger partial charge in [-0.05, 0) is 89.9 Å². The van der Waals surface area contributed by atoms with Crippen LogP contribution in [0, 0.1) is 0 Å². The fourth-order valence-electron chi connectivity index (χ4n) is 7.17. The van der Waals surface area contributed by atoms with Crippen molar-refractivity contribution < 1.29 is 42.9 Å². The second-order valence-electron chi connectivity index (χ2n) is 19.1. The quantitative estimate of drug-likeness (QED) is 0.0211. The van der Waals surface area contributed by atoms with Crippen LogP contribution < -0.4 is 0 Å². The molecule has 0 radical (unpaired) electrons. The van der Waals surface area contributed by atoms with Gasteiger partial charge in [0.15, 0.2) is 6.10 Å². The molecule has 0 rings (SSSR count). The van der Waals surface area contributed by atoms with Gasteiger partial charge in [0, 0.05) is 12.8 Å². The smallest absolute Gasteiger partial charge is 0.361 e. The molecule has 9 nitrogen and oxygen atoms in total. The van der Waals surface area contributed by atoms with Gasteiger partial charge in [-0.25, -0.2) is 4.79 Å². The largest absolute Gasteiger partial charge is 0.477 e. The molecule has 2 atom stereocenters. The zero-order chi connectivity index (χ0) is 50.6. The zero-order valence-corrected chi connectivity index (χ0v) is 44.7. The highest BCUT2D eigenvalue weighted by atomic mass is 16.7. The van der Waals surface area contributed by atoms with Crippen LogP contribution in [0.4, 0.5) is 0 Å². The molecule has 0 heterocycles. The summed E-state index contributed by atoms with van der Waals surface area (Å²) in [5.41, 5.74) is 0. The van der Waals surface area contributed by atoms with Gasteiger partial charge in [0.2, 0.25) is 0 Å². The predicted molar refractivity (Wildman–Crippen MR) is 290 cm³/mol. The minimum Gasteiger partial charge on any atom is -0.477 e. The summed E-state index contributed by atoms with van der Waals surface area (Å²) in [6.07, 6.45) is 64.7. The van der Waals surface area contributed by atoms with Gasteiger partial charge in [-0.1, -0.05) is 201 Å². The van der Waals surface area contributed by atoms with Crippen LogP contribution >= 0.6 is 0 Å². The number of quaternary nitrogens is 1. The zero-order valence-electron chi connectivity index (χ0n) is 44.7. The van der Waals surface area contributed by atoms with Crippen LogP contribution in [0.1, 0.15) is 206 Å². The third kappa shape index (κ3) is 51.9. The molecule has 0 saturated heterocycles. The predicted octanol–water partition coefficient (Wildman–Crippen LogP) is 15.8. The Labute approximate surface area is 422 Å². The number of carbonyl (C=O) groups excluding carboxylic acids is 2. The van der Waals surface area contributed by atoms with E-state index in [0.29, 0.717) is 17.4 Å². The Balaban J connectivity index is 4.29. The number of carboxylic acid groups (broad SMARTS) is 1. The molecule has 2 unspecified atom stereocenters. The number of rotatable bonds is 49. The van der Waals surface area contributed by atoms with Gasteiger partial charge in [-0.2, -0.15) is 0 Å². The summed E-state index contributed by atoms with van der Waals surface area (Å²) in [7, 11) is 5.95. The molecule has 0 aliphatic carbocycles. The lowest BCUT2D eigenvalue weighted by Crippen LogP contribution is -2.40. The number of ether oxygens (including phenoxy) is 4. The van der Waals surface area contributed by atoms with Crippen molar-refractivity contribution in [1.82, 2.24) is 0 Å². The number of carbonyl (C=O) groups is 3. The molecular weight excluding hydrogens is 863 g/mol. The third-order valence-corrected chi connectivity index (χ3v) is 11.3. The van der Waals surface area contributed by atoms with Gasteiger partial charge in [0.25, 0.3) is 6.29 Å². The first-order chi connectivity index (χ1) is 33.6. The monoisotopic (exact) mass is 965 g/mol. The molecule has 0 saturated carbocycles. The van der Waals surface area contributed by atoms with Crippen molar-refractivity contribution in [3.8, 4) is 0 Å². The normalized spacial score (nSPS) is 13.6. The fourth-order valence-corrected chi connectivity index (χ4v) is 7.17. The van der Waals surface area contributed by atoms with Gasteiger partial charge in [-0.3, -0.25) is 9.59 Å². The van der Waals surface area contributed by atoms with Crippen molar-refractivity contribution in [2.75, 3.05) is 47.5 Å².